The Hall–Kier alpha value is -0.700. The number of methoxy groups -OCH3 is 1. The maximum Gasteiger partial charge on any atom is 0.216 e. The number of nitrogens with one attached hydrogen (secondary N) is 1. The smallest absolute Gasteiger partial charge is 0.216 e. The summed E-state index contributed by atoms with van der Waals surface area (Å²) in [6.45, 7) is 5.02. The summed E-state index contributed by atoms with van der Waals surface area (Å²) < 4.78 is 32.2. The number of carbonyl (C=O) groups is 1. The van der Waals surface area contributed by atoms with Crippen LogP contribution in [0.2, 0.25) is 0 Å². The Kier molecular flexibility index (Phi) is 7.46. The van der Waals surface area contributed by atoms with Gasteiger partial charge in [0.15, 0.2) is 0 Å². The summed E-state index contributed by atoms with van der Waals surface area (Å²) in [6.07, 6.45) is 4.24. The number of hydrogen-bond donors (Lipinski definition) is 1. The van der Waals surface area contributed by atoms with Gasteiger partial charge in [-0.15, -0.1) is 0 Å². The fourth-order valence-electron chi connectivity index (χ4n) is 3.61. The highest BCUT2D eigenvalue weighted by Crippen LogP contribution is 2.29. The highest BCUT2D eigenvalue weighted by atomic mass is 32.2. The van der Waals surface area contributed by atoms with Crippen molar-refractivity contribution < 1.29 is 17.9 Å². The van der Waals surface area contributed by atoms with Crippen LogP contribution >= 0.6 is 0 Å². The molecule has 24 heavy (non-hydrogen) atoms. The van der Waals surface area contributed by atoms with Crippen molar-refractivity contribution >= 4 is 15.9 Å². The van der Waals surface area contributed by atoms with Gasteiger partial charge in [-0.2, -0.15) is 0 Å². The molecule has 0 spiro atoms. The molecule has 2 atom stereocenters. The van der Waals surface area contributed by atoms with E-state index in [1.165, 1.54) is 6.92 Å². The van der Waals surface area contributed by atoms with Crippen molar-refractivity contribution in [2.45, 2.75) is 51.1 Å². The van der Waals surface area contributed by atoms with Gasteiger partial charge in [-0.25, -0.2) is 12.7 Å². The standard InChI is InChI=1S/C16H31N3O4S/c1-14(20)17-7-3-6-10-24(21,22)18-8-4-5-9-19-15(12-18)11-16(19)13-23-2/h15-16H,3-13H2,1-2H3,(H,17,20)/t15-,16+/m1/s1. The molecule has 2 rings (SSSR count). The number of rotatable bonds is 8. The number of hydrogen-bond acceptors (Lipinski definition) is 5. The van der Waals surface area contributed by atoms with Crippen LogP contribution in [0.1, 0.15) is 39.0 Å². The first-order valence-electron chi connectivity index (χ1n) is 8.91. The molecule has 0 aromatic carbocycles. The topological polar surface area (TPSA) is 79.0 Å². The SMILES string of the molecule is COC[C@@H]1C[C@@H]2CN(S(=O)(=O)CCCCNC(C)=O)CCCCN12. The minimum atomic E-state index is -3.21. The second-order valence-electron chi connectivity index (χ2n) is 6.81. The predicted octanol–water partition coefficient (Wildman–Crippen LogP) is 0.418. The summed E-state index contributed by atoms with van der Waals surface area (Å²) in [4.78, 5) is 13.2. The molecule has 2 saturated heterocycles. The molecule has 1 N–H and O–H groups in total. The molecule has 0 aliphatic carbocycles. The van der Waals surface area contributed by atoms with E-state index in [9.17, 15) is 13.2 Å². The fraction of sp³-hybridized carbons (Fsp3) is 0.938. The predicted molar refractivity (Wildman–Crippen MR) is 93.3 cm³/mol. The van der Waals surface area contributed by atoms with Gasteiger partial charge in [0.25, 0.3) is 0 Å². The molecule has 7 nitrogen and oxygen atoms in total. The lowest BCUT2D eigenvalue weighted by atomic mass is 9.91. The second kappa shape index (κ2) is 9.12. The maximum atomic E-state index is 12.6. The largest absolute Gasteiger partial charge is 0.383 e. The molecule has 0 saturated carbocycles. The van der Waals surface area contributed by atoms with Crippen molar-refractivity contribution in [1.82, 2.24) is 14.5 Å². The number of amides is 1. The zero-order chi connectivity index (χ0) is 17.6. The number of fused-ring (bicyclic) bond motifs is 1. The zero-order valence-electron chi connectivity index (χ0n) is 14.9. The first kappa shape index (κ1) is 19.6. The fourth-order valence-corrected chi connectivity index (χ4v) is 5.24. The van der Waals surface area contributed by atoms with Crippen LogP contribution in [0.3, 0.4) is 0 Å². The minimum Gasteiger partial charge on any atom is -0.383 e. The maximum absolute atomic E-state index is 12.6. The van der Waals surface area contributed by atoms with Crippen LogP contribution in [0.25, 0.3) is 0 Å². The van der Waals surface area contributed by atoms with Gasteiger partial charge >= 0.3 is 0 Å². The van der Waals surface area contributed by atoms with E-state index in [0.29, 0.717) is 44.6 Å². The molecule has 0 bridgehead atoms. The van der Waals surface area contributed by atoms with E-state index in [2.05, 4.69) is 10.2 Å². The Bertz CT molecular complexity index is 511. The second-order valence-corrected chi connectivity index (χ2v) is 8.90. The molecule has 0 radical (unpaired) electrons. The van der Waals surface area contributed by atoms with Crippen LogP contribution in [0, 0.1) is 0 Å². The molecule has 2 aliphatic heterocycles. The van der Waals surface area contributed by atoms with Gasteiger partial charge in [0.1, 0.15) is 0 Å². The Morgan fingerprint density at radius 3 is 2.71 bits per heavy atom. The molecule has 8 heteroatoms. The summed E-state index contributed by atoms with van der Waals surface area (Å²) in [5.41, 5.74) is 0. The molecule has 0 unspecified atom stereocenters. The molecule has 140 valence electrons. The van der Waals surface area contributed by atoms with Crippen molar-refractivity contribution in [2.75, 3.05) is 45.6 Å². The van der Waals surface area contributed by atoms with Crippen LogP contribution in [-0.4, -0.2) is 81.3 Å². The van der Waals surface area contributed by atoms with Crippen molar-refractivity contribution in [2.24, 2.45) is 0 Å². The highest BCUT2D eigenvalue weighted by molar-refractivity contribution is 7.89. The lowest BCUT2D eigenvalue weighted by Crippen LogP contribution is -2.63. The Labute approximate surface area is 145 Å². The van der Waals surface area contributed by atoms with E-state index < -0.39 is 10.0 Å². The summed E-state index contributed by atoms with van der Waals surface area (Å²) in [7, 11) is -1.50. The molecule has 2 aliphatic rings. The van der Waals surface area contributed by atoms with Gasteiger partial charge in [0.2, 0.25) is 15.9 Å². The molecule has 1 amide bonds. The van der Waals surface area contributed by atoms with Gasteiger partial charge in [0.05, 0.1) is 12.4 Å². The average molecular weight is 362 g/mol. The number of nitrogens with zero attached hydrogens (tertiary/aromatic N) is 2. The zero-order valence-corrected chi connectivity index (χ0v) is 15.7. The summed E-state index contributed by atoms with van der Waals surface area (Å²) in [5, 5.41) is 2.70. The van der Waals surface area contributed by atoms with Crippen molar-refractivity contribution in [3.63, 3.8) is 0 Å². The van der Waals surface area contributed by atoms with Crippen molar-refractivity contribution in [1.29, 1.82) is 0 Å². The van der Waals surface area contributed by atoms with E-state index in [4.69, 9.17) is 4.74 Å². The molecule has 0 aromatic heterocycles. The summed E-state index contributed by atoms with van der Waals surface area (Å²) >= 11 is 0. The number of sulfonamides is 1. The lowest BCUT2D eigenvalue weighted by molar-refractivity contribution is -0.118. The van der Waals surface area contributed by atoms with Crippen LogP contribution in [0.5, 0.6) is 0 Å². The summed E-state index contributed by atoms with van der Waals surface area (Å²) in [6, 6.07) is 0.778. The van der Waals surface area contributed by atoms with Crippen LogP contribution in [-0.2, 0) is 19.6 Å². The third-order valence-electron chi connectivity index (χ3n) is 4.93. The molecular formula is C16H31N3O4S. The Morgan fingerprint density at radius 2 is 2.00 bits per heavy atom. The summed E-state index contributed by atoms with van der Waals surface area (Å²) in [5.74, 6) is 0.0955. The molecule has 2 heterocycles. The Morgan fingerprint density at radius 1 is 1.25 bits per heavy atom. The van der Waals surface area contributed by atoms with Crippen LogP contribution < -0.4 is 5.32 Å². The normalized spacial score (nSPS) is 26.1. The number of unbranched alkanes of at least 4 members (excludes halogenated alkanes) is 1. The van der Waals surface area contributed by atoms with E-state index in [-0.39, 0.29) is 11.7 Å². The van der Waals surface area contributed by atoms with E-state index in [1.54, 1.807) is 11.4 Å². The van der Waals surface area contributed by atoms with Crippen molar-refractivity contribution in [3.8, 4) is 0 Å². The minimum absolute atomic E-state index is 0.0719. The monoisotopic (exact) mass is 361 g/mol. The third kappa shape index (κ3) is 5.40. The van der Waals surface area contributed by atoms with E-state index in [0.717, 1.165) is 32.4 Å². The Balaban J connectivity index is 1.82. The van der Waals surface area contributed by atoms with Gasteiger partial charge in [-0.1, -0.05) is 0 Å². The molecule has 2 fully saturated rings. The third-order valence-corrected chi connectivity index (χ3v) is 6.85. The van der Waals surface area contributed by atoms with Gasteiger partial charge in [0, 0.05) is 45.8 Å². The molecular weight excluding hydrogens is 330 g/mol. The van der Waals surface area contributed by atoms with E-state index >= 15 is 0 Å². The number of ether oxygens (including phenoxy) is 1. The van der Waals surface area contributed by atoms with Crippen molar-refractivity contribution in [3.05, 3.63) is 0 Å². The first-order valence-corrected chi connectivity index (χ1v) is 10.5. The van der Waals surface area contributed by atoms with Crippen LogP contribution in [0.4, 0.5) is 0 Å². The first-order chi connectivity index (χ1) is 11.4. The average Bonchev–Trinajstić information content (AvgIpc) is 2.48. The van der Waals surface area contributed by atoms with Gasteiger partial charge < -0.3 is 10.1 Å². The lowest BCUT2D eigenvalue weighted by Gasteiger charge is -2.51. The van der Waals surface area contributed by atoms with Gasteiger partial charge in [-0.05, 0) is 38.6 Å². The van der Waals surface area contributed by atoms with Gasteiger partial charge in [-0.3, -0.25) is 9.69 Å². The molecule has 0 aromatic rings. The number of carbonyl (C=O) groups excluding carboxylic acids is 1. The van der Waals surface area contributed by atoms with E-state index in [1.807, 2.05) is 0 Å². The quantitative estimate of drug-likeness (QED) is 0.634. The van der Waals surface area contributed by atoms with Crippen LogP contribution in [0.15, 0.2) is 0 Å². The highest BCUT2D eigenvalue weighted by Gasteiger charge is 2.41.